The van der Waals surface area contributed by atoms with Crippen LogP contribution in [0.2, 0.25) is 0 Å². The number of cyclic esters (lactones) is 1. The fraction of sp³-hybridized carbons (Fsp3) is 0.536. The summed E-state index contributed by atoms with van der Waals surface area (Å²) in [6, 6.07) is 6.12. The van der Waals surface area contributed by atoms with Crippen LogP contribution in [0.5, 0.6) is 0 Å². The fourth-order valence-electron chi connectivity index (χ4n) is 5.90. The Morgan fingerprint density at radius 1 is 1.00 bits per heavy atom. The number of aliphatic hydroxyl groups excluding tert-OH is 1. The summed E-state index contributed by atoms with van der Waals surface area (Å²) in [5.74, 6) is -0.840. The van der Waals surface area contributed by atoms with Crippen molar-refractivity contribution in [1.82, 2.24) is 0 Å². The van der Waals surface area contributed by atoms with Crippen molar-refractivity contribution in [2.45, 2.75) is 78.4 Å². The predicted octanol–water partition coefficient (Wildman–Crippen LogP) is 4.97. The van der Waals surface area contributed by atoms with Crippen LogP contribution in [0.4, 0.5) is 4.39 Å². The van der Waals surface area contributed by atoms with Crippen LogP contribution < -0.4 is 0 Å². The number of ether oxygens (including phenoxy) is 1. The highest BCUT2D eigenvalue weighted by Gasteiger charge is 2.56. The largest absolute Gasteiger partial charge is 0.458 e. The Kier molecular flexibility index (Phi) is 6.17. The van der Waals surface area contributed by atoms with Gasteiger partial charge in [-0.15, -0.1) is 0 Å². The van der Waals surface area contributed by atoms with E-state index in [9.17, 15) is 23.9 Å². The molecule has 34 heavy (non-hydrogen) atoms. The zero-order valence-corrected chi connectivity index (χ0v) is 20.3. The summed E-state index contributed by atoms with van der Waals surface area (Å²) in [6.45, 7) is 7.93. The summed E-state index contributed by atoms with van der Waals surface area (Å²) in [4.78, 5) is 38.8. The molecule has 5 nitrogen and oxygen atoms in total. The Bertz CT molecular complexity index is 1060. The molecule has 182 valence electrons. The highest BCUT2D eigenvalue weighted by molar-refractivity contribution is 6.11. The lowest BCUT2D eigenvalue weighted by molar-refractivity contribution is -0.156. The zero-order chi connectivity index (χ0) is 24.9. The summed E-state index contributed by atoms with van der Waals surface area (Å²) in [5.41, 5.74) is 0.535. The fourth-order valence-corrected chi connectivity index (χ4v) is 5.90. The lowest BCUT2D eigenvalue weighted by Gasteiger charge is -2.49. The van der Waals surface area contributed by atoms with Gasteiger partial charge in [0.05, 0.1) is 17.9 Å². The third-order valence-corrected chi connectivity index (χ3v) is 7.48. The maximum atomic E-state index is 13.7. The number of rotatable bonds is 3. The van der Waals surface area contributed by atoms with Gasteiger partial charge in [0.25, 0.3) is 0 Å². The third kappa shape index (κ3) is 4.65. The van der Waals surface area contributed by atoms with Crippen LogP contribution in [0.25, 0.3) is 5.57 Å². The topological polar surface area (TPSA) is 80.7 Å². The molecule has 0 amide bonds. The molecular formula is C28H33FO5. The molecule has 1 spiro atoms. The maximum Gasteiger partial charge on any atom is 0.309 e. The zero-order valence-electron chi connectivity index (χ0n) is 20.3. The SMILES string of the molecule is CC1(C)CC(=O)C2(CC(c3ccc(F)cc3)=C(C=C[C@@H]3C[C@@H](O)CC(=O)O3)C(C)(C)C2)C(=O)C1. The second-order valence-corrected chi connectivity index (χ2v) is 11.6. The van der Waals surface area contributed by atoms with E-state index in [4.69, 9.17) is 4.74 Å². The Morgan fingerprint density at radius 2 is 1.62 bits per heavy atom. The minimum atomic E-state index is -1.09. The first-order valence-corrected chi connectivity index (χ1v) is 11.9. The lowest BCUT2D eigenvalue weighted by Crippen LogP contribution is -2.51. The quantitative estimate of drug-likeness (QED) is 0.501. The first-order chi connectivity index (χ1) is 15.8. The molecule has 1 aliphatic heterocycles. The molecule has 1 saturated carbocycles. The number of Topliss-reactive ketones (excluding diaryl/α,β-unsaturated/α-hetero) is 2. The summed E-state index contributed by atoms with van der Waals surface area (Å²) >= 11 is 0. The molecule has 0 radical (unpaired) electrons. The average Bonchev–Trinajstić information content (AvgIpc) is 2.70. The molecule has 1 N–H and O–H groups in total. The van der Waals surface area contributed by atoms with Gasteiger partial charge in [0, 0.05) is 19.3 Å². The van der Waals surface area contributed by atoms with Gasteiger partial charge in [-0.1, -0.05) is 45.9 Å². The van der Waals surface area contributed by atoms with Crippen molar-refractivity contribution in [2.75, 3.05) is 0 Å². The van der Waals surface area contributed by atoms with Gasteiger partial charge in [-0.3, -0.25) is 14.4 Å². The van der Waals surface area contributed by atoms with Crippen molar-refractivity contribution >= 4 is 23.1 Å². The summed E-state index contributed by atoms with van der Waals surface area (Å²) in [6.07, 6.45) is 4.04. The second-order valence-electron chi connectivity index (χ2n) is 11.6. The number of esters is 1. The third-order valence-electron chi connectivity index (χ3n) is 7.48. The molecule has 2 atom stereocenters. The highest BCUT2D eigenvalue weighted by atomic mass is 19.1. The smallest absolute Gasteiger partial charge is 0.309 e. The number of carbonyl (C=O) groups excluding carboxylic acids is 3. The van der Waals surface area contributed by atoms with Crippen LogP contribution in [0.1, 0.15) is 71.8 Å². The molecule has 2 fully saturated rings. The van der Waals surface area contributed by atoms with Gasteiger partial charge in [0.15, 0.2) is 0 Å². The van der Waals surface area contributed by atoms with Gasteiger partial charge in [0.2, 0.25) is 0 Å². The minimum absolute atomic E-state index is 0.0115. The summed E-state index contributed by atoms with van der Waals surface area (Å²) in [7, 11) is 0. The molecule has 1 heterocycles. The molecule has 0 bridgehead atoms. The lowest BCUT2D eigenvalue weighted by atomic mass is 9.52. The van der Waals surface area contributed by atoms with Crippen molar-refractivity contribution in [3.63, 3.8) is 0 Å². The van der Waals surface area contributed by atoms with E-state index >= 15 is 0 Å². The number of carbonyl (C=O) groups is 3. The first kappa shape index (κ1) is 24.5. The van der Waals surface area contributed by atoms with E-state index in [2.05, 4.69) is 0 Å². The monoisotopic (exact) mass is 468 g/mol. The molecule has 6 heteroatoms. The summed E-state index contributed by atoms with van der Waals surface area (Å²) < 4.78 is 19.1. The predicted molar refractivity (Wildman–Crippen MR) is 126 cm³/mol. The molecule has 2 aliphatic carbocycles. The van der Waals surface area contributed by atoms with E-state index < -0.39 is 29.0 Å². The Balaban J connectivity index is 1.80. The van der Waals surface area contributed by atoms with Crippen molar-refractivity contribution in [2.24, 2.45) is 16.2 Å². The van der Waals surface area contributed by atoms with E-state index in [1.54, 1.807) is 18.2 Å². The van der Waals surface area contributed by atoms with Crippen molar-refractivity contribution in [1.29, 1.82) is 0 Å². The number of hydrogen-bond acceptors (Lipinski definition) is 5. The second kappa shape index (κ2) is 8.56. The van der Waals surface area contributed by atoms with Crippen LogP contribution in [-0.4, -0.2) is 34.9 Å². The Morgan fingerprint density at radius 3 is 2.21 bits per heavy atom. The number of benzene rings is 1. The van der Waals surface area contributed by atoms with Gasteiger partial charge in [-0.25, -0.2) is 4.39 Å². The van der Waals surface area contributed by atoms with Gasteiger partial charge in [-0.05, 0) is 58.6 Å². The first-order valence-electron chi connectivity index (χ1n) is 11.9. The molecule has 0 unspecified atom stereocenters. The van der Waals surface area contributed by atoms with Crippen LogP contribution in [0.15, 0.2) is 42.0 Å². The number of ketones is 2. The molecule has 1 aromatic rings. The molecule has 3 aliphatic rings. The molecule has 1 saturated heterocycles. The van der Waals surface area contributed by atoms with Gasteiger partial charge < -0.3 is 9.84 Å². The average molecular weight is 469 g/mol. The van der Waals surface area contributed by atoms with Crippen LogP contribution in [0.3, 0.4) is 0 Å². The standard InChI is InChI=1S/C28H33FO5/c1-26(2)14-23(31)28(24(32)15-26)13-21(17-5-7-18(29)8-6-17)22(27(3,4)16-28)10-9-20-11-19(30)12-25(33)34-20/h5-10,19-20,30H,11-16H2,1-4H3/t19-,20-/m1/s1. The minimum Gasteiger partial charge on any atom is -0.458 e. The van der Waals surface area contributed by atoms with E-state index in [0.717, 1.165) is 16.7 Å². The van der Waals surface area contributed by atoms with Crippen molar-refractivity contribution < 1.29 is 28.6 Å². The maximum absolute atomic E-state index is 13.7. The Labute approximate surface area is 200 Å². The van der Waals surface area contributed by atoms with E-state index in [1.165, 1.54) is 12.1 Å². The van der Waals surface area contributed by atoms with Crippen LogP contribution in [-0.2, 0) is 19.1 Å². The van der Waals surface area contributed by atoms with E-state index in [0.29, 0.717) is 25.7 Å². The van der Waals surface area contributed by atoms with E-state index in [-0.39, 0.29) is 35.6 Å². The van der Waals surface area contributed by atoms with Crippen LogP contribution >= 0.6 is 0 Å². The van der Waals surface area contributed by atoms with Crippen LogP contribution in [0, 0.1) is 22.1 Å². The van der Waals surface area contributed by atoms with Crippen molar-refractivity contribution in [3.8, 4) is 0 Å². The Hall–Kier alpha value is -2.60. The normalized spacial score (nSPS) is 28.5. The van der Waals surface area contributed by atoms with Gasteiger partial charge >= 0.3 is 5.97 Å². The number of allylic oxidation sites excluding steroid dienone is 3. The highest BCUT2D eigenvalue weighted by Crippen LogP contribution is 2.57. The number of aliphatic hydroxyl groups is 1. The molecule has 4 rings (SSSR count). The van der Waals surface area contributed by atoms with Gasteiger partial charge in [-0.2, -0.15) is 0 Å². The summed E-state index contributed by atoms with van der Waals surface area (Å²) in [5, 5.41) is 9.96. The van der Waals surface area contributed by atoms with Crippen molar-refractivity contribution in [3.05, 3.63) is 53.4 Å². The molecular weight excluding hydrogens is 435 g/mol. The van der Waals surface area contributed by atoms with E-state index in [1.807, 2.05) is 33.8 Å². The molecule has 1 aromatic carbocycles. The number of hydrogen-bond donors (Lipinski definition) is 1. The molecule has 0 aromatic heterocycles. The van der Waals surface area contributed by atoms with Gasteiger partial charge in [0.1, 0.15) is 23.5 Å². The number of halogens is 1.